The zero-order valence-corrected chi connectivity index (χ0v) is 23.5. The summed E-state index contributed by atoms with van der Waals surface area (Å²) in [7, 11) is 0. The van der Waals surface area contributed by atoms with E-state index in [0.29, 0.717) is 0 Å². The molecule has 2 bridgehead atoms. The van der Waals surface area contributed by atoms with Crippen LogP contribution in [0, 0.1) is 5.92 Å². The van der Waals surface area contributed by atoms with Gasteiger partial charge in [0, 0.05) is 12.8 Å². The summed E-state index contributed by atoms with van der Waals surface area (Å²) in [6, 6.07) is 9.08. The maximum Gasteiger partial charge on any atom is 0.350 e. The molecule has 2 N–H and O–H groups in total. The summed E-state index contributed by atoms with van der Waals surface area (Å²) < 4.78 is 26.9. The van der Waals surface area contributed by atoms with Crippen molar-refractivity contribution in [3.8, 4) is 0 Å². The molecule has 1 amide bonds. The van der Waals surface area contributed by atoms with Crippen molar-refractivity contribution in [1.82, 2.24) is 5.32 Å². The van der Waals surface area contributed by atoms with Gasteiger partial charge in [0.05, 0.1) is 19.3 Å². The van der Waals surface area contributed by atoms with Gasteiger partial charge in [-0.2, -0.15) is 0 Å². The zero-order valence-electron chi connectivity index (χ0n) is 21.2. The second kappa shape index (κ2) is 10.4. The fourth-order valence-electron chi connectivity index (χ4n) is 5.58. The first kappa shape index (κ1) is 29.3. The standard InChI is InChI=1S/C25H30Cl3NO9/c1-13(30)36-19-20(31)37-17-18(34-11-14-8-6-5-7-9-14)24(19,29-21(32)25(26,27)28)15(10-23(17,4)33)16-12-35-22(2,3)38-16/h5-9,15-19,33H,10-12H2,1-4H3,(H,29,32)/t15?,16-,17+,18-,19-,23+,24-/m1/s1. The number of fused-ring (bicyclic) bond motifs is 2. The van der Waals surface area contributed by atoms with Crippen molar-refractivity contribution in [2.24, 2.45) is 5.92 Å². The normalized spacial score (nSPS) is 36.3. The summed E-state index contributed by atoms with van der Waals surface area (Å²) >= 11 is 17.8. The maximum atomic E-state index is 13.4. The minimum absolute atomic E-state index is 0.00590. The number of hydrogen-bond acceptors (Lipinski definition) is 9. The van der Waals surface area contributed by atoms with Crippen molar-refractivity contribution in [2.45, 2.75) is 85.9 Å². The average molecular weight is 595 g/mol. The highest BCUT2D eigenvalue weighted by molar-refractivity contribution is 6.76. The Bertz CT molecular complexity index is 1080. The predicted octanol–water partition coefficient (Wildman–Crippen LogP) is 2.58. The van der Waals surface area contributed by atoms with Gasteiger partial charge in [0.1, 0.15) is 17.2 Å². The molecule has 7 atom stereocenters. The number of carbonyl (C=O) groups excluding carboxylic acids is 3. The van der Waals surface area contributed by atoms with E-state index in [0.717, 1.165) is 12.5 Å². The smallest absolute Gasteiger partial charge is 0.350 e. The third-order valence-corrected chi connectivity index (χ3v) is 7.63. The molecule has 3 aliphatic rings. The lowest BCUT2D eigenvalue weighted by Gasteiger charge is -2.61. The minimum atomic E-state index is -2.45. The number of aliphatic hydroxyl groups is 1. The zero-order chi connectivity index (χ0) is 28.1. The molecule has 1 saturated carbocycles. The first-order chi connectivity index (χ1) is 17.6. The van der Waals surface area contributed by atoms with Crippen LogP contribution in [0.15, 0.2) is 30.3 Å². The van der Waals surface area contributed by atoms with Crippen LogP contribution in [-0.2, 0) is 44.7 Å². The summed E-state index contributed by atoms with van der Waals surface area (Å²) in [5, 5.41) is 14.2. The molecule has 3 fully saturated rings. The number of benzene rings is 1. The van der Waals surface area contributed by atoms with Crippen LogP contribution < -0.4 is 5.32 Å². The number of alkyl halides is 3. The van der Waals surface area contributed by atoms with Gasteiger partial charge in [-0.05, 0) is 32.8 Å². The molecule has 13 heteroatoms. The molecule has 10 nitrogen and oxygen atoms in total. The Hall–Kier alpha value is -1.66. The highest BCUT2D eigenvalue weighted by atomic mass is 35.6. The van der Waals surface area contributed by atoms with Gasteiger partial charge in [-0.25, -0.2) is 4.79 Å². The summed E-state index contributed by atoms with van der Waals surface area (Å²) in [6.45, 7) is 6.03. The quantitative estimate of drug-likeness (QED) is 0.377. The Labute approximate surface area is 235 Å². The Morgan fingerprint density at radius 1 is 1.18 bits per heavy atom. The molecular formula is C25H30Cl3NO9. The Balaban J connectivity index is 1.90. The van der Waals surface area contributed by atoms with Crippen LogP contribution in [-0.4, -0.2) is 74.7 Å². The Morgan fingerprint density at radius 2 is 1.84 bits per heavy atom. The molecule has 0 spiro atoms. The summed E-state index contributed by atoms with van der Waals surface area (Å²) in [4.78, 5) is 38.9. The van der Waals surface area contributed by atoms with Gasteiger partial charge in [-0.3, -0.25) is 9.59 Å². The van der Waals surface area contributed by atoms with Crippen molar-refractivity contribution < 1.29 is 43.2 Å². The molecule has 0 aromatic heterocycles. The van der Waals surface area contributed by atoms with Gasteiger partial charge >= 0.3 is 11.9 Å². The van der Waals surface area contributed by atoms with E-state index in [1.165, 1.54) is 6.92 Å². The molecule has 1 aliphatic carbocycles. The van der Waals surface area contributed by atoms with Crippen LogP contribution in [0.3, 0.4) is 0 Å². The lowest BCUT2D eigenvalue weighted by atomic mass is 9.58. The summed E-state index contributed by atoms with van der Waals surface area (Å²) in [5.74, 6) is -4.86. The van der Waals surface area contributed by atoms with Crippen molar-refractivity contribution in [3.63, 3.8) is 0 Å². The van der Waals surface area contributed by atoms with Crippen LogP contribution >= 0.6 is 34.8 Å². The van der Waals surface area contributed by atoms with Gasteiger partial charge in [-0.1, -0.05) is 65.1 Å². The highest BCUT2D eigenvalue weighted by Gasteiger charge is 2.73. The molecule has 1 aromatic rings. The molecule has 1 aromatic carbocycles. The van der Waals surface area contributed by atoms with Gasteiger partial charge in [-0.15, -0.1) is 0 Å². The van der Waals surface area contributed by atoms with E-state index in [1.54, 1.807) is 13.8 Å². The summed E-state index contributed by atoms with van der Waals surface area (Å²) in [5.41, 5.74) is -2.77. The van der Waals surface area contributed by atoms with E-state index < -0.39 is 68.9 Å². The number of nitrogens with one attached hydrogen (secondary N) is 1. The third-order valence-electron chi connectivity index (χ3n) is 7.12. The SMILES string of the molecule is CC(=O)O[C@@H]1C(=O)O[C@H]2[C@@H](OCc3ccccc3)[C@]1(NC(=O)C(Cl)(Cl)Cl)C([C@H]1COC(C)(C)O1)C[C@]2(C)O. The largest absolute Gasteiger partial charge is 0.454 e. The monoisotopic (exact) mass is 593 g/mol. The van der Waals surface area contributed by atoms with E-state index in [4.69, 9.17) is 58.5 Å². The molecule has 0 radical (unpaired) electrons. The van der Waals surface area contributed by atoms with E-state index >= 15 is 0 Å². The van der Waals surface area contributed by atoms with Crippen molar-refractivity contribution in [1.29, 1.82) is 0 Å². The molecule has 38 heavy (non-hydrogen) atoms. The number of esters is 2. The minimum Gasteiger partial charge on any atom is -0.454 e. The summed E-state index contributed by atoms with van der Waals surface area (Å²) in [6.07, 6.45) is -5.13. The van der Waals surface area contributed by atoms with E-state index in [1.807, 2.05) is 30.3 Å². The lowest BCUT2D eigenvalue weighted by molar-refractivity contribution is -0.283. The molecule has 1 unspecified atom stereocenters. The van der Waals surface area contributed by atoms with Crippen LogP contribution in [0.2, 0.25) is 0 Å². The van der Waals surface area contributed by atoms with Crippen molar-refractivity contribution in [3.05, 3.63) is 35.9 Å². The lowest BCUT2D eigenvalue weighted by Crippen LogP contribution is -2.84. The molecular weight excluding hydrogens is 565 g/mol. The highest BCUT2D eigenvalue weighted by Crippen LogP contribution is 2.52. The maximum absolute atomic E-state index is 13.4. The van der Waals surface area contributed by atoms with E-state index in [-0.39, 0.29) is 19.6 Å². The van der Waals surface area contributed by atoms with Crippen LogP contribution in [0.4, 0.5) is 0 Å². The molecule has 2 heterocycles. The molecule has 4 rings (SSSR count). The van der Waals surface area contributed by atoms with Crippen molar-refractivity contribution in [2.75, 3.05) is 6.61 Å². The first-order valence-corrected chi connectivity index (χ1v) is 13.2. The fraction of sp³-hybridized carbons (Fsp3) is 0.640. The predicted molar refractivity (Wildman–Crippen MR) is 135 cm³/mol. The second-order valence-corrected chi connectivity index (χ2v) is 12.8. The van der Waals surface area contributed by atoms with Crippen molar-refractivity contribution >= 4 is 52.6 Å². The number of amides is 1. The van der Waals surface area contributed by atoms with Crippen LogP contribution in [0.5, 0.6) is 0 Å². The molecule has 2 saturated heterocycles. The van der Waals surface area contributed by atoms with Crippen LogP contribution in [0.1, 0.15) is 39.7 Å². The topological polar surface area (TPSA) is 130 Å². The number of rotatable bonds is 6. The number of carbonyl (C=O) groups is 3. The van der Waals surface area contributed by atoms with E-state index in [9.17, 15) is 19.5 Å². The van der Waals surface area contributed by atoms with Gasteiger partial charge < -0.3 is 34.1 Å². The number of halogens is 3. The van der Waals surface area contributed by atoms with Crippen LogP contribution in [0.25, 0.3) is 0 Å². The second-order valence-electron chi connectivity index (χ2n) is 10.5. The number of ether oxygens (including phenoxy) is 5. The third kappa shape index (κ3) is 5.63. The van der Waals surface area contributed by atoms with Gasteiger partial charge in [0.25, 0.3) is 9.70 Å². The fourth-order valence-corrected chi connectivity index (χ4v) is 5.72. The van der Waals surface area contributed by atoms with Gasteiger partial charge in [0.2, 0.25) is 6.10 Å². The van der Waals surface area contributed by atoms with Gasteiger partial charge in [0.15, 0.2) is 11.9 Å². The molecule has 210 valence electrons. The molecule has 2 aliphatic heterocycles. The Morgan fingerprint density at radius 3 is 2.39 bits per heavy atom. The first-order valence-electron chi connectivity index (χ1n) is 12.0. The Kier molecular flexibility index (Phi) is 8.02. The average Bonchev–Trinajstić information content (AvgIpc) is 3.17. The number of hydrogen-bond donors (Lipinski definition) is 2. The van der Waals surface area contributed by atoms with E-state index in [2.05, 4.69) is 5.32 Å².